The molecule has 0 spiro atoms. The number of benzene rings is 1. The molecule has 1 unspecified atom stereocenters. The van der Waals surface area contributed by atoms with Crippen LogP contribution in [0.15, 0.2) is 23.1 Å². The fourth-order valence-electron chi connectivity index (χ4n) is 4.71. The minimum atomic E-state index is -3.88. The number of nitro groups is 1. The molecule has 2 fully saturated rings. The van der Waals surface area contributed by atoms with Crippen LogP contribution in [0.2, 0.25) is 0 Å². The summed E-state index contributed by atoms with van der Waals surface area (Å²) in [5.41, 5.74) is 2.76. The molecule has 33 heavy (non-hydrogen) atoms. The maximum atomic E-state index is 13.2. The number of aromatic nitrogens is 2. The van der Waals surface area contributed by atoms with Crippen molar-refractivity contribution in [2.45, 2.75) is 38.1 Å². The number of hydrogen-bond donors (Lipinski definition) is 0. The van der Waals surface area contributed by atoms with E-state index in [0.717, 1.165) is 23.1 Å². The highest BCUT2D eigenvalue weighted by molar-refractivity contribution is 7.91. The van der Waals surface area contributed by atoms with Gasteiger partial charge in [0.05, 0.1) is 44.4 Å². The second-order valence-electron chi connectivity index (χ2n) is 8.62. The summed E-state index contributed by atoms with van der Waals surface area (Å²) in [6.45, 7) is 6.73. The van der Waals surface area contributed by atoms with Crippen LogP contribution in [-0.2, 0) is 19.9 Å². The van der Waals surface area contributed by atoms with E-state index in [1.54, 1.807) is 11.6 Å². The van der Waals surface area contributed by atoms with Gasteiger partial charge in [0.25, 0.3) is 5.69 Å². The molecule has 1 aromatic carbocycles. The van der Waals surface area contributed by atoms with Crippen LogP contribution in [0.5, 0.6) is 0 Å². The molecule has 180 valence electrons. The van der Waals surface area contributed by atoms with Crippen molar-refractivity contribution in [1.29, 1.82) is 0 Å². The molecule has 0 bridgehead atoms. The summed E-state index contributed by atoms with van der Waals surface area (Å²) in [4.78, 5) is 12.5. The van der Waals surface area contributed by atoms with Gasteiger partial charge in [0.15, 0.2) is 9.84 Å². The first kappa shape index (κ1) is 23.6. The predicted molar refractivity (Wildman–Crippen MR) is 123 cm³/mol. The van der Waals surface area contributed by atoms with Crippen LogP contribution in [0.3, 0.4) is 0 Å². The van der Waals surface area contributed by atoms with E-state index < -0.39 is 24.8 Å². The molecule has 2 aliphatic rings. The zero-order chi connectivity index (χ0) is 24.1. The van der Waals surface area contributed by atoms with E-state index in [1.807, 2.05) is 13.8 Å². The molecule has 11 nitrogen and oxygen atoms in total. The van der Waals surface area contributed by atoms with Crippen LogP contribution in [-0.4, -0.2) is 73.5 Å². The fourth-order valence-corrected chi connectivity index (χ4v) is 8.07. The largest absolute Gasteiger partial charge is 0.366 e. The van der Waals surface area contributed by atoms with Crippen LogP contribution in [0, 0.1) is 30.9 Å². The molecular formula is C20H27N5O6S2. The van der Waals surface area contributed by atoms with Gasteiger partial charge in [-0.3, -0.25) is 14.8 Å². The van der Waals surface area contributed by atoms with E-state index in [0.29, 0.717) is 25.1 Å². The molecule has 0 N–H and O–H groups in total. The Bertz CT molecular complexity index is 1310. The molecule has 0 radical (unpaired) electrons. The SMILES string of the molecule is Cc1ccc([N+](=O)[O-])cc1S(=O)(=O)N1CCN(c2c(C)nn(C3CCS(=O)(=O)C3)c2C)CC1. The molecule has 0 saturated carbocycles. The Morgan fingerprint density at radius 2 is 1.79 bits per heavy atom. The van der Waals surface area contributed by atoms with Gasteiger partial charge in [0, 0.05) is 38.3 Å². The number of sulfonamides is 1. The highest BCUT2D eigenvalue weighted by Crippen LogP contribution is 2.32. The minimum absolute atomic E-state index is 0.0484. The number of nitro benzene ring substituents is 1. The molecule has 13 heteroatoms. The number of piperazine rings is 1. The summed E-state index contributed by atoms with van der Waals surface area (Å²) in [5, 5.41) is 15.7. The van der Waals surface area contributed by atoms with E-state index in [1.165, 1.54) is 16.4 Å². The highest BCUT2D eigenvalue weighted by Gasteiger charge is 2.35. The van der Waals surface area contributed by atoms with Gasteiger partial charge in [-0.15, -0.1) is 0 Å². The first-order valence-corrected chi connectivity index (χ1v) is 13.9. The minimum Gasteiger partial charge on any atom is -0.366 e. The number of anilines is 1. The van der Waals surface area contributed by atoms with Gasteiger partial charge in [0.2, 0.25) is 10.0 Å². The van der Waals surface area contributed by atoms with Gasteiger partial charge in [-0.05, 0) is 32.8 Å². The molecule has 1 aromatic heterocycles. The number of sulfone groups is 1. The Balaban J connectivity index is 1.53. The molecule has 0 aliphatic carbocycles. The maximum absolute atomic E-state index is 13.2. The lowest BCUT2D eigenvalue weighted by Gasteiger charge is -2.35. The Kier molecular flexibility index (Phi) is 5.99. The molecule has 1 atom stereocenters. The Morgan fingerprint density at radius 1 is 1.12 bits per heavy atom. The lowest BCUT2D eigenvalue weighted by atomic mass is 10.2. The molecule has 0 amide bonds. The summed E-state index contributed by atoms with van der Waals surface area (Å²) in [5.74, 6) is 0.252. The monoisotopic (exact) mass is 497 g/mol. The third kappa shape index (κ3) is 4.36. The van der Waals surface area contributed by atoms with E-state index in [9.17, 15) is 26.9 Å². The fraction of sp³-hybridized carbons (Fsp3) is 0.550. The zero-order valence-corrected chi connectivity index (χ0v) is 20.4. The average molecular weight is 498 g/mol. The molecule has 2 aromatic rings. The summed E-state index contributed by atoms with van der Waals surface area (Å²) >= 11 is 0. The third-order valence-corrected chi connectivity index (χ3v) is 10.2. The number of rotatable bonds is 5. The maximum Gasteiger partial charge on any atom is 0.270 e. The van der Waals surface area contributed by atoms with E-state index >= 15 is 0 Å². The Hall–Kier alpha value is -2.51. The van der Waals surface area contributed by atoms with Gasteiger partial charge >= 0.3 is 0 Å². The predicted octanol–water partition coefficient (Wildman–Crippen LogP) is 1.59. The van der Waals surface area contributed by atoms with E-state index in [4.69, 9.17) is 0 Å². The summed E-state index contributed by atoms with van der Waals surface area (Å²) in [6.07, 6.45) is 0.540. The van der Waals surface area contributed by atoms with Gasteiger partial charge in [0.1, 0.15) is 0 Å². The topological polar surface area (TPSA) is 136 Å². The van der Waals surface area contributed by atoms with Crippen LogP contribution in [0.1, 0.15) is 29.4 Å². The molecular weight excluding hydrogens is 470 g/mol. The summed E-state index contributed by atoms with van der Waals surface area (Å²) in [6, 6.07) is 3.68. The van der Waals surface area contributed by atoms with E-state index in [-0.39, 0.29) is 41.2 Å². The van der Waals surface area contributed by atoms with Crippen molar-refractivity contribution in [3.63, 3.8) is 0 Å². The zero-order valence-electron chi connectivity index (χ0n) is 18.8. The smallest absolute Gasteiger partial charge is 0.270 e. The second kappa shape index (κ2) is 8.37. The lowest BCUT2D eigenvalue weighted by molar-refractivity contribution is -0.385. The highest BCUT2D eigenvalue weighted by atomic mass is 32.2. The van der Waals surface area contributed by atoms with Crippen molar-refractivity contribution < 1.29 is 21.8 Å². The Morgan fingerprint density at radius 3 is 2.36 bits per heavy atom. The molecule has 4 rings (SSSR count). The van der Waals surface area contributed by atoms with Crippen molar-refractivity contribution in [2.75, 3.05) is 42.6 Å². The molecule has 2 aliphatic heterocycles. The van der Waals surface area contributed by atoms with Crippen molar-refractivity contribution >= 4 is 31.2 Å². The van der Waals surface area contributed by atoms with Gasteiger partial charge in [-0.25, -0.2) is 16.8 Å². The van der Waals surface area contributed by atoms with Gasteiger partial charge in [-0.1, -0.05) is 6.07 Å². The quantitative estimate of drug-likeness (QED) is 0.449. The third-order valence-electron chi connectivity index (χ3n) is 6.40. The summed E-state index contributed by atoms with van der Waals surface area (Å²) < 4.78 is 53.4. The van der Waals surface area contributed by atoms with Crippen LogP contribution in [0.4, 0.5) is 11.4 Å². The van der Waals surface area contributed by atoms with E-state index in [2.05, 4.69) is 10.00 Å². The number of aryl methyl sites for hydroxylation is 2. The van der Waals surface area contributed by atoms with Gasteiger partial charge in [-0.2, -0.15) is 9.40 Å². The first-order valence-electron chi connectivity index (χ1n) is 10.7. The number of hydrogen-bond acceptors (Lipinski definition) is 8. The lowest BCUT2D eigenvalue weighted by Crippen LogP contribution is -2.49. The van der Waals surface area contributed by atoms with Crippen LogP contribution < -0.4 is 4.90 Å². The van der Waals surface area contributed by atoms with Gasteiger partial charge < -0.3 is 4.90 Å². The summed E-state index contributed by atoms with van der Waals surface area (Å²) in [7, 11) is -6.92. The van der Waals surface area contributed by atoms with Crippen LogP contribution in [0.25, 0.3) is 0 Å². The number of nitrogens with zero attached hydrogens (tertiary/aromatic N) is 5. The number of non-ortho nitro benzene ring substituents is 1. The Labute approximate surface area is 193 Å². The molecule has 3 heterocycles. The van der Waals surface area contributed by atoms with Crippen molar-refractivity contribution in [3.05, 3.63) is 45.3 Å². The first-order chi connectivity index (χ1) is 15.4. The average Bonchev–Trinajstić information content (AvgIpc) is 3.26. The van der Waals surface area contributed by atoms with Crippen molar-refractivity contribution in [1.82, 2.24) is 14.1 Å². The second-order valence-corrected chi connectivity index (χ2v) is 12.8. The molecule has 2 saturated heterocycles. The van der Waals surface area contributed by atoms with Crippen molar-refractivity contribution in [3.8, 4) is 0 Å². The standard InChI is InChI=1S/C20H27N5O6S2/c1-14-4-5-17(25(26)27)12-19(14)33(30,31)23-9-7-22(8-10-23)20-15(2)21-24(16(20)3)18-6-11-32(28,29)13-18/h4-5,12,18H,6-11,13H2,1-3H3. The normalized spacial score (nSPS) is 21.4. The van der Waals surface area contributed by atoms with Crippen molar-refractivity contribution in [2.24, 2.45) is 0 Å². The van der Waals surface area contributed by atoms with Crippen LogP contribution >= 0.6 is 0 Å².